The number of aryl methyl sites for hydroxylation is 1. The van der Waals surface area contributed by atoms with Crippen LogP contribution in [0.4, 0.5) is 0 Å². The Morgan fingerprint density at radius 1 is 0.509 bits per heavy atom. The van der Waals surface area contributed by atoms with Crippen LogP contribution in [0.15, 0.2) is 170 Å². The van der Waals surface area contributed by atoms with Gasteiger partial charge in [-0.25, -0.2) is 4.98 Å². The minimum absolute atomic E-state index is 0.770. The van der Waals surface area contributed by atoms with E-state index in [0.717, 1.165) is 56.0 Å². The second-order valence-corrected chi connectivity index (χ2v) is 16.8. The largest absolute Gasteiger partial charge is 0.308 e. The maximum atomic E-state index is 16.1. The SMILES string of the molecule is CCc1nc2cccc3c2n1-c1ccc(-c2c4ccccc4c(-c4ccc5ccc6ccccc6c5c4)c4ccccc24)cc1P3(=O)c1ccccc1. The summed E-state index contributed by atoms with van der Waals surface area (Å²) in [5, 5.41) is 12.3. The van der Waals surface area contributed by atoms with E-state index in [9.17, 15) is 0 Å². The van der Waals surface area contributed by atoms with Gasteiger partial charge in [0.05, 0.1) is 16.7 Å². The number of nitrogens with zero attached hydrogens (tertiary/aromatic N) is 2. The maximum absolute atomic E-state index is 16.1. The van der Waals surface area contributed by atoms with E-state index in [1.165, 1.54) is 54.2 Å². The van der Waals surface area contributed by atoms with E-state index in [1.54, 1.807) is 0 Å². The van der Waals surface area contributed by atoms with Crippen LogP contribution in [0.1, 0.15) is 12.7 Å². The summed E-state index contributed by atoms with van der Waals surface area (Å²) >= 11 is 0. The van der Waals surface area contributed by atoms with Gasteiger partial charge in [0.1, 0.15) is 5.82 Å². The van der Waals surface area contributed by atoms with Crippen molar-refractivity contribution >= 4 is 77.2 Å². The second-order valence-electron chi connectivity index (χ2n) is 14.1. The summed E-state index contributed by atoms with van der Waals surface area (Å²) in [7, 11) is -3.29. The first-order chi connectivity index (χ1) is 26.1. The average molecular weight is 697 g/mol. The van der Waals surface area contributed by atoms with Crippen LogP contribution >= 0.6 is 7.14 Å². The minimum atomic E-state index is -3.29. The van der Waals surface area contributed by atoms with E-state index in [0.29, 0.717) is 0 Å². The molecule has 11 rings (SSSR count). The lowest BCUT2D eigenvalue weighted by Crippen LogP contribution is -2.33. The standard InChI is InChI=1S/C49H33N2OP/c1-2-46-50-42-21-12-22-44-49(42)51(46)43-28-27-34(30-45(43)53(44,52)35-14-4-3-5-15-35)48-39-19-10-8-17-37(39)47(38-18-9-11-20-40(38)48)33-26-25-32-24-23-31-13-6-7-16-36(31)41(32)29-33/h3-30H,2H2,1H3. The van der Waals surface area contributed by atoms with Crippen LogP contribution in [0.3, 0.4) is 0 Å². The van der Waals surface area contributed by atoms with Crippen LogP contribution in [0.2, 0.25) is 0 Å². The molecule has 0 radical (unpaired) electrons. The molecule has 1 unspecified atom stereocenters. The Kier molecular flexibility index (Phi) is 6.51. The molecule has 9 aromatic carbocycles. The highest BCUT2D eigenvalue weighted by Gasteiger charge is 2.40. The monoisotopic (exact) mass is 696 g/mol. The van der Waals surface area contributed by atoms with E-state index in [-0.39, 0.29) is 0 Å². The van der Waals surface area contributed by atoms with Gasteiger partial charge in [0.2, 0.25) is 0 Å². The van der Waals surface area contributed by atoms with Crippen molar-refractivity contribution < 1.29 is 4.57 Å². The van der Waals surface area contributed by atoms with Crippen molar-refractivity contribution in [1.82, 2.24) is 9.55 Å². The third-order valence-corrected chi connectivity index (χ3v) is 14.4. The summed E-state index contributed by atoms with van der Waals surface area (Å²) in [5.74, 6) is 0.976. The summed E-state index contributed by atoms with van der Waals surface area (Å²) in [6.07, 6.45) is 0.770. The van der Waals surface area contributed by atoms with Gasteiger partial charge in [-0.3, -0.25) is 4.57 Å². The third kappa shape index (κ3) is 4.23. The summed E-state index contributed by atoms with van der Waals surface area (Å²) in [6, 6.07) is 60.3. The van der Waals surface area contributed by atoms with E-state index in [2.05, 4.69) is 139 Å². The molecule has 1 aliphatic rings. The Bertz CT molecular complexity index is 3140. The predicted octanol–water partition coefficient (Wildman–Crippen LogP) is 11.5. The van der Waals surface area contributed by atoms with Crippen molar-refractivity contribution in [3.05, 3.63) is 176 Å². The van der Waals surface area contributed by atoms with Gasteiger partial charge in [0.25, 0.3) is 0 Å². The topological polar surface area (TPSA) is 34.9 Å². The van der Waals surface area contributed by atoms with E-state index in [4.69, 9.17) is 4.98 Å². The van der Waals surface area contributed by atoms with Gasteiger partial charge in [0, 0.05) is 22.3 Å². The Morgan fingerprint density at radius 3 is 1.75 bits per heavy atom. The summed E-state index contributed by atoms with van der Waals surface area (Å²) in [6.45, 7) is 2.14. The number of fused-ring (bicyclic) bond motifs is 7. The van der Waals surface area contributed by atoms with E-state index < -0.39 is 7.14 Å². The van der Waals surface area contributed by atoms with Crippen LogP contribution in [0.25, 0.3) is 82.1 Å². The molecule has 0 saturated heterocycles. The zero-order valence-corrected chi connectivity index (χ0v) is 30.0. The molecule has 0 saturated carbocycles. The Morgan fingerprint density at radius 2 is 1.08 bits per heavy atom. The number of hydrogen-bond donors (Lipinski definition) is 0. The normalized spacial score (nSPS) is 15.1. The Balaban J connectivity index is 1.22. The van der Waals surface area contributed by atoms with Crippen molar-refractivity contribution in [3.8, 4) is 27.9 Å². The van der Waals surface area contributed by atoms with Crippen LogP contribution in [0, 0.1) is 0 Å². The van der Waals surface area contributed by atoms with E-state index >= 15 is 4.57 Å². The molecule has 0 fully saturated rings. The number of hydrogen-bond acceptors (Lipinski definition) is 2. The second kappa shape index (κ2) is 11.4. The summed E-state index contributed by atoms with van der Waals surface area (Å²) in [4.78, 5) is 5.04. The molecule has 3 nitrogen and oxygen atoms in total. The molecule has 0 spiro atoms. The molecule has 1 atom stereocenters. The highest BCUT2D eigenvalue weighted by Crippen LogP contribution is 2.51. The van der Waals surface area contributed by atoms with Gasteiger partial charge in [-0.05, 0) is 95.7 Å². The van der Waals surface area contributed by atoms with E-state index in [1.807, 2.05) is 42.5 Å². The fourth-order valence-electron chi connectivity index (χ4n) is 8.98. The quantitative estimate of drug-likeness (QED) is 0.104. The molecule has 0 N–H and O–H groups in total. The predicted molar refractivity (Wildman–Crippen MR) is 224 cm³/mol. The number of imidazole rings is 1. The van der Waals surface area contributed by atoms with Crippen LogP contribution in [-0.2, 0) is 11.0 Å². The van der Waals surface area contributed by atoms with Crippen molar-refractivity contribution in [2.24, 2.45) is 0 Å². The number of benzene rings is 9. The molecule has 0 aliphatic carbocycles. The van der Waals surface area contributed by atoms with Crippen molar-refractivity contribution in [1.29, 1.82) is 0 Å². The fraction of sp³-hybridized carbons (Fsp3) is 0.0408. The lowest BCUT2D eigenvalue weighted by molar-refractivity contribution is 0.592. The molecule has 0 amide bonds. The molecule has 53 heavy (non-hydrogen) atoms. The smallest absolute Gasteiger partial charge is 0.175 e. The molecule has 1 aromatic heterocycles. The summed E-state index contributed by atoms with van der Waals surface area (Å²) in [5.41, 5.74) is 7.42. The average Bonchev–Trinajstić information content (AvgIpc) is 3.61. The van der Waals surface area contributed by atoms with Gasteiger partial charge in [-0.15, -0.1) is 0 Å². The molecular formula is C49H33N2OP. The first kappa shape index (κ1) is 30.4. The first-order valence-corrected chi connectivity index (χ1v) is 20.0. The lowest BCUT2D eigenvalue weighted by Gasteiger charge is -2.30. The number of para-hydroxylation sites is 1. The van der Waals surface area contributed by atoms with Gasteiger partial charge < -0.3 is 4.57 Å². The van der Waals surface area contributed by atoms with Crippen LogP contribution < -0.4 is 15.9 Å². The number of aromatic nitrogens is 2. The Labute approximate surface area is 307 Å². The molecule has 250 valence electrons. The van der Waals surface area contributed by atoms with Gasteiger partial charge in [-0.1, -0.05) is 146 Å². The van der Waals surface area contributed by atoms with Crippen molar-refractivity contribution in [3.63, 3.8) is 0 Å². The van der Waals surface area contributed by atoms with Gasteiger partial charge >= 0.3 is 0 Å². The first-order valence-electron chi connectivity index (χ1n) is 18.3. The van der Waals surface area contributed by atoms with Crippen LogP contribution in [-0.4, -0.2) is 9.55 Å². The molecule has 4 heteroatoms. The molecule has 2 heterocycles. The minimum Gasteiger partial charge on any atom is -0.308 e. The molecule has 1 aliphatic heterocycles. The zero-order valence-electron chi connectivity index (χ0n) is 29.1. The summed E-state index contributed by atoms with van der Waals surface area (Å²) < 4.78 is 18.3. The highest BCUT2D eigenvalue weighted by molar-refractivity contribution is 7.86. The van der Waals surface area contributed by atoms with Gasteiger partial charge in [-0.2, -0.15) is 0 Å². The highest BCUT2D eigenvalue weighted by atomic mass is 31.2. The van der Waals surface area contributed by atoms with Crippen LogP contribution in [0.5, 0.6) is 0 Å². The Hall–Kier alpha value is -6.28. The molecular weight excluding hydrogens is 664 g/mol. The molecule has 0 bridgehead atoms. The van der Waals surface area contributed by atoms with Gasteiger partial charge in [0.15, 0.2) is 7.14 Å². The number of rotatable bonds is 4. The third-order valence-electron chi connectivity index (χ3n) is 11.3. The fourth-order valence-corrected chi connectivity index (χ4v) is 12.0. The lowest BCUT2D eigenvalue weighted by atomic mass is 9.85. The molecule has 10 aromatic rings. The van der Waals surface area contributed by atoms with Crippen molar-refractivity contribution in [2.75, 3.05) is 0 Å². The zero-order chi connectivity index (χ0) is 35.3. The maximum Gasteiger partial charge on any atom is 0.175 e. The van der Waals surface area contributed by atoms with Crippen molar-refractivity contribution in [2.45, 2.75) is 13.3 Å².